The molecule has 0 aliphatic rings. The molecule has 0 aliphatic heterocycles. The van der Waals surface area contributed by atoms with Crippen LogP contribution >= 0.6 is 11.6 Å². The molecule has 0 aromatic heterocycles. The van der Waals surface area contributed by atoms with Crippen molar-refractivity contribution in [3.63, 3.8) is 0 Å². The van der Waals surface area contributed by atoms with E-state index in [0.29, 0.717) is 10.6 Å². The van der Waals surface area contributed by atoms with Crippen LogP contribution in [0.15, 0.2) is 48.5 Å². The number of alkyl halides is 3. The first-order valence-corrected chi connectivity index (χ1v) is 8.51. The molecule has 9 heteroatoms. The summed E-state index contributed by atoms with van der Waals surface area (Å²) in [5.74, 6) is -1.57. The van der Waals surface area contributed by atoms with Crippen molar-refractivity contribution in [1.82, 2.24) is 10.4 Å². The predicted molar refractivity (Wildman–Crippen MR) is 98.0 cm³/mol. The molecule has 0 atom stereocenters. The Kier molecular flexibility index (Phi) is 6.23. The van der Waals surface area contributed by atoms with Crippen LogP contribution in [0, 0.1) is 0 Å². The molecular formula is C19H18ClF3N2O3. The van der Waals surface area contributed by atoms with Gasteiger partial charge in [-0.25, -0.2) is 5.01 Å². The van der Waals surface area contributed by atoms with Gasteiger partial charge in [0.1, 0.15) is 5.75 Å². The van der Waals surface area contributed by atoms with Gasteiger partial charge in [0.25, 0.3) is 11.8 Å². The molecule has 5 nitrogen and oxygen atoms in total. The summed E-state index contributed by atoms with van der Waals surface area (Å²) in [5.41, 5.74) is 2.11. The summed E-state index contributed by atoms with van der Waals surface area (Å²) in [4.78, 5) is 25.3. The third-order valence-corrected chi connectivity index (χ3v) is 3.78. The third kappa shape index (κ3) is 5.88. The summed E-state index contributed by atoms with van der Waals surface area (Å²) in [5, 5.41) is 1.61. The molecule has 0 saturated carbocycles. The first-order valence-electron chi connectivity index (χ1n) is 8.14. The van der Waals surface area contributed by atoms with Gasteiger partial charge in [-0.3, -0.25) is 15.0 Å². The molecule has 0 aliphatic carbocycles. The SMILES string of the molecule is CC(C)(C)N(NC(=O)c1ccc(OC(F)(F)F)cc1)C(=O)c1ccc(Cl)cc1. The second-order valence-electron chi connectivity index (χ2n) is 6.83. The Hall–Kier alpha value is -2.74. The topological polar surface area (TPSA) is 58.6 Å². The highest BCUT2D eigenvalue weighted by molar-refractivity contribution is 6.30. The van der Waals surface area contributed by atoms with Gasteiger partial charge in [-0.1, -0.05) is 11.6 Å². The summed E-state index contributed by atoms with van der Waals surface area (Å²) in [6, 6.07) is 10.5. The van der Waals surface area contributed by atoms with Crippen molar-refractivity contribution in [1.29, 1.82) is 0 Å². The second kappa shape index (κ2) is 8.10. The van der Waals surface area contributed by atoms with Gasteiger partial charge < -0.3 is 4.74 Å². The Bertz CT molecular complexity index is 845. The number of carbonyl (C=O) groups is 2. The quantitative estimate of drug-likeness (QED) is 0.732. The maximum Gasteiger partial charge on any atom is 0.573 e. The second-order valence-corrected chi connectivity index (χ2v) is 7.27. The summed E-state index contributed by atoms with van der Waals surface area (Å²) in [6.07, 6.45) is -4.82. The molecule has 0 bridgehead atoms. The van der Waals surface area contributed by atoms with Crippen molar-refractivity contribution >= 4 is 23.4 Å². The van der Waals surface area contributed by atoms with Gasteiger partial charge in [-0.15, -0.1) is 13.2 Å². The minimum Gasteiger partial charge on any atom is -0.406 e. The van der Waals surface area contributed by atoms with E-state index in [4.69, 9.17) is 11.6 Å². The summed E-state index contributed by atoms with van der Waals surface area (Å²) in [7, 11) is 0. The predicted octanol–water partition coefficient (Wildman–Crippen LogP) is 4.82. The highest BCUT2D eigenvalue weighted by Gasteiger charge is 2.32. The Balaban J connectivity index is 2.19. The van der Waals surface area contributed by atoms with E-state index in [-0.39, 0.29) is 5.56 Å². The van der Waals surface area contributed by atoms with E-state index in [0.717, 1.165) is 17.1 Å². The van der Waals surface area contributed by atoms with Gasteiger partial charge in [0.2, 0.25) is 0 Å². The van der Waals surface area contributed by atoms with Crippen molar-refractivity contribution in [2.75, 3.05) is 0 Å². The third-order valence-electron chi connectivity index (χ3n) is 3.53. The summed E-state index contributed by atoms with van der Waals surface area (Å²) < 4.78 is 40.4. The zero-order valence-corrected chi connectivity index (χ0v) is 16.1. The van der Waals surface area contributed by atoms with E-state index >= 15 is 0 Å². The Morgan fingerprint density at radius 3 is 1.89 bits per heavy atom. The van der Waals surface area contributed by atoms with E-state index < -0.39 is 29.5 Å². The zero-order chi connectivity index (χ0) is 21.1. The zero-order valence-electron chi connectivity index (χ0n) is 15.3. The Morgan fingerprint density at radius 1 is 0.929 bits per heavy atom. The van der Waals surface area contributed by atoms with Crippen LogP contribution in [0.3, 0.4) is 0 Å². The number of rotatable bonds is 3. The van der Waals surface area contributed by atoms with Gasteiger partial charge in [0.05, 0.1) is 5.54 Å². The average molecular weight is 415 g/mol. The minimum atomic E-state index is -4.82. The van der Waals surface area contributed by atoms with Crippen molar-refractivity contribution < 1.29 is 27.5 Å². The number of halogens is 4. The van der Waals surface area contributed by atoms with Crippen molar-refractivity contribution in [2.45, 2.75) is 32.7 Å². The lowest BCUT2D eigenvalue weighted by Gasteiger charge is -2.35. The number of amides is 2. The molecule has 150 valence electrons. The number of hydrazine groups is 1. The van der Waals surface area contributed by atoms with Crippen LogP contribution in [0.4, 0.5) is 13.2 Å². The lowest BCUT2D eigenvalue weighted by molar-refractivity contribution is -0.274. The molecule has 2 aromatic rings. The van der Waals surface area contributed by atoms with Crippen LogP contribution in [0.2, 0.25) is 5.02 Å². The van der Waals surface area contributed by atoms with Crippen molar-refractivity contribution in [2.24, 2.45) is 0 Å². The maximum atomic E-state index is 12.8. The van der Waals surface area contributed by atoms with Gasteiger partial charge >= 0.3 is 6.36 Å². The van der Waals surface area contributed by atoms with E-state index in [2.05, 4.69) is 10.2 Å². The smallest absolute Gasteiger partial charge is 0.406 e. The fraction of sp³-hybridized carbons (Fsp3) is 0.263. The number of benzene rings is 2. The van der Waals surface area contributed by atoms with Gasteiger partial charge in [0.15, 0.2) is 0 Å². The Labute approximate surface area is 165 Å². The number of carbonyl (C=O) groups excluding carboxylic acids is 2. The monoisotopic (exact) mass is 414 g/mol. The lowest BCUT2D eigenvalue weighted by atomic mass is 10.1. The van der Waals surface area contributed by atoms with Crippen molar-refractivity contribution in [3.8, 4) is 5.75 Å². The van der Waals surface area contributed by atoms with Crippen LogP contribution in [-0.2, 0) is 0 Å². The highest BCUT2D eigenvalue weighted by Crippen LogP contribution is 2.23. The molecule has 0 fully saturated rings. The molecule has 0 unspecified atom stereocenters. The molecule has 1 N–H and O–H groups in total. The first kappa shape index (κ1) is 21.6. The minimum absolute atomic E-state index is 0.0627. The lowest BCUT2D eigenvalue weighted by Crippen LogP contribution is -2.55. The molecule has 2 rings (SSSR count). The van der Waals surface area contributed by atoms with Crippen LogP contribution < -0.4 is 10.2 Å². The number of hydrogen-bond acceptors (Lipinski definition) is 3. The largest absolute Gasteiger partial charge is 0.573 e. The number of nitrogens with one attached hydrogen (secondary N) is 1. The number of nitrogens with zero attached hydrogens (tertiary/aromatic N) is 1. The molecule has 0 saturated heterocycles. The van der Waals surface area contributed by atoms with E-state index in [9.17, 15) is 22.8 Å². The van der Waals surface area contributed by atoms with Gasteiger partial charge in [-0.05, 0) is 69.3 Å². The van der Waals surface area contributed by atoms with E-state index in [1.807, 2.05) is 0 Å². The van der Waals surface area contributed by atoms with Crippen molar-refractivity contribution in [3.05, 3.63) is 64.7 Å². The molecule has 2 aromatic carbocycles. The molecule has 0 spiro atoms. The average Bonchev–Trinajstić information content (AvgIpc) is 2.58. The molecule has 0 radical (unpaired) electrons. The fourth-order valence-corrected chi connectivity index (χ4v) is 2.34. The van der Waals surface area contributed by atoms with Crippen LogP contribution in [-0.4, -0.2) is 28.7 Å². The molecule has 28 heavy (non-hydrogen) atoms. The van der Waals surface area contributed by atoms with Crippen LogP contribution in [0.25, 0.3) is 0 Å². The highest BCUT2D eigenvalue weighted by atomic mass is 35.5. The standard InChI is InChI=1S/C19H18ClF3N2O3/c1-18(2,3)25(17(27)13-4-8-14(20)9-5-13)24-16(26)12-6-10-15(11-7-12)28-19(21,22)23/h4-11H,1-3H3,(H,24,26). The van der Waals surface area contributed by atoms with Crippen LogP contribution in [0.1, 0.15) is 41.5 Å². The first-order chi connectivity index (χ1) is 12.9. The fourth-order valence-electron chi connectivity index (χ4n) is 2.22. The number of hydrogen-bond donors (Lipinski definition) is 1. The summed E-state index contributed by atoms with van der Waals surface area (Å²) in [6.45, 7) is 5.17. The van der Waals surface area contributed by atoms with E-state index in [1.54, 1.807) is 32.9 Å². The van der Waals surface area contributed by atoms with Crippen LogP contribution in [0.5, 0.6) is 5.75 Å². The van der Waals surface area contributed by atoms with Gasteiger partial charge in [-0.2, -0.15) is 0 Å². The molecular weight excluding hydrogens is 397 g/mol. The summed E-state index contributed by atoms with van der Waals surface area (Å²) >= 11 is 5.83. The molecule has 0 heterocycles. The van der Waals surface area contributed by atoms with E-state index in [1.165, 1.54) is 24.3 Å². The Morgan fingerprint density at radius 2 is 1.43 bits per heavy atom. The molecule has 2 amide bonds. The maximum absolute atomic E-state index is 12.8. The van der Waals surface area contributed by atoms with Gasteiger partial charge in [0, 0.05) is 16.1 Å². The normalized spacial score (nSPS) is 11.7. The number of ether oxygens (including phenoxy) is 1.